The maximum Gasteiger partial charge on any atom is 0.0469 e. The lowest BCUT2D eigenvalue weighted by Crippen LogP contribution is -2.38. The minimum absolute atomic E-state index is 0.597. The molecule has 1 unspecified atom stereocenters. The van der Waals surface area contributed by atoms with E-state index in [0.29, 0.717) is 6.04 Å². The molecule has 1 aliphatic heterocycles. The normalized spacial score (nSPS) is 20.3. The summed E-state index contributed by atoms with van der Waals surface area (Å²) >= 11 is 0. The molecular weight excluding hydrogens is 174 g/mol. The fourth-order valence-corrected chi connectivity index (χ4v) is 2.12. The first-order valence-corrected chi connectivity index (χ1v) is 5.63. The van der Waals surface area contributed by atoms with Gasteiger partial charge in [-0.3, -0.25) is 0 Å². The zero-order chi connectivity index (χ0) is 10.2. The zero-order valence-corrected chi connectivity index (χ0v) is 9.09. The monoisotopic (exact) mass is 195 g/mol. The van der Waals surface area contributed by atoms with E-state index < -0.39 is 0 Å². The van der Waals surface area contributed by atoms with Crippen LogP contribution in [-0.2, 0) is 4.74 Å². The van der Waals surface area contributed by atoms with E-state index in [1.807, 2.05) is 0 Å². The van der Waals surface area contributed by atoms with Gasteiger partial charge in [0.25, 0.3) is 0 Å². The Morgan fingerprint density at radius 1 is 1.50 bits per heavy atom. The van der Waals surface area contributed by atoms with Crippen LogP contribution in [0.2, 0.25) is 0 Å². The van der Waals surface area contributed by atoms with Crippen LogP contribution in [0.3, 0.4) is 0 Å². The molecule has 1 rings (SSSR count). The van der Waals surface area contributed by atoms with E-state index in [9.17, 15) is 0 Å². The van der Waals surface area contributed by atoms with Crippen LogP contribution in [0.4, 0.5) is 0 Å². The fourth-order valence-electron chi connectivity index (χ4n) is 2.12. The van der Waals surface area contributed by atoms with Crippen molar-refractivity contribution in [1.82, 2.24) is 5.32 Å². The van der Waals surface area contributed by atoms with Crippen LogP contribution in [0.1, 0.15) is 32.6 Å². The van der Waals surface area contributed by atoms with Gasteiger partial charge in [0.1, 0.15) is 0 Å². The highest BCUT2D eigenvalue weighted by Gasteiger charge is 2.22. The molecule has 1 N–H and O–H groups in total. The lowest BCUT2D eigenvalue weighted by atomic mass is 9.89. The molecule has 0 spiro atoms. The van der Waals surface area contributed by atoms with Crippen molar-refractivity contribution in [2.24, 2.45) is 5.92 Å². The molecule has 1 atom stereocenters. The molecule has 0 aliphatic carbocycles. The van der Waals surface area contributed by atoms with Gasteiger partial charge in [-0.15, -0.1) is 12.3 Å². The minimum Gasteiger partial charge on any atom is -0.381 e. The number of hydrogen-bond acceptors (Lipinski definition) is 2. The van der Waals surface area contributed by atoms with E-state index in [1.165, 1.54) is 12.8 Å². The Morgan fingerprint density at radius 3 is 2.79 bits per heavy atom. The Morgan fingerprint density at radius 2 is 2.21 bits per heavy atom. The molecule has 14 heavy (non-hydrogen) atoms. The van der Waals surface area contributed by atoms with Crippen molar-refractivity contribution in [2.45, 2.75) is 38.6 Å². The second-order valence-electron chi connectivity index (χ2n) is 3.86. The van der Waals surface area contributed by atoms with E-state index in [-0.39, 0.29) is 0 Å². The van der Waals surface area contributed by atoms with Gasteiger partial charge >= 0.3 is 0 Å². The number of hydrogen-bond donors (Lipinski definition) is 1. The molecule has 80 valence electrons. The van der Waals surface area contributed by atoms with Gasteiger partial charge in [-0.2, -0.15) is 0 Å². The van der Waals surface area contributed by atoms with E-state index in [2.05, 4.69) is 18.2 Å². The van der Waals surface area contributed by atoms with Crippen molar-refractivity contribution < 1.29 is 4.74 Å². The summed E-state index contributed by atoms with van der Waals surface area (Å²) in [6, 6.07) is 0.597. The molecule has 2 nitrogen and oxygen atoms in total. The predicted molar refractivity (Wildman–Crippen MR) is 59.1 cm³/mol. The summed E-state index contributed by atoms with van der Waals surface area (Å²) in [6.45, 7) is 5.03. The Labute approximate surface area is 87.4 Å². The lowest BCUT2D eigenvalue weighted by molar-refractivity contribution is 0.0530. The second kappa shape index (κ2) is 6.86. The van der Waals surface area contributed by atoms with Crippen LogP contribution in [0.25, 0.3) is 0 Å². The summed E-state index contributed by atoms with van der Waals surface area (Å²) < 4.78 is 5.36. The van der Waals surface area contributed by atoms with Crippen LogP contribution in [0, 0.1) is 18.3 Å². The van der Waals surface area contributed by atoms with E-state index in [1.54, 1.807) is 0 Å². The Balaban J connectivity index is 2.35. The molecule has 1 saturated heterocycles. The Bertz CT molecular complexity index is 179. The molecule has 0 aromatic heterocycles. The fraction of sp³-hybridized carbons (Fsp3) is 0.833. The van der Waals surface area contributed by atoms with Crippen LogP contribution >= 0.6 is 0 Å². The van der Waals surface area contributed by atoms with Crippen LogP contribution < -0.4 is 5.32 Å². The van der Waals surface area contributed by atoms with Crippen molar-refractivity contribution in [1.29, 1.82) is 0 Å². The number of rotatable bonds is 5. The van der Waals surface area contributed by atoms with Gasteiger partial charge in [0, 0.05) is 25.7 Å². The molecule has 2 heteroatoms. The molecule has 0 aromatic rings. The largest absolute Gasteiger partial charge is 0.381 e. The van der Waals surface area contributed by atoms with Gasteiger partial charge < -0.3 is 10.1 Å². The van der Waals surface area contributed by atoms with Gasteiger partial charge in [0.2, 0.25) is 0 Å². The van der Waals surface area contributed by atoms with Gasteiger partial charge in [0.05, 0.1) is 0 Å². The molecule has 0 radical (unpaired) electrons. The minimum atomic E-state index is 0.597. The average molecular weight is 195 g/mol. The smallest absolute Gasteiger partial charge is 0.0469 e. The summed E-state index contributed by atoms with van der Waals surface area (Å²) in [7, 11) is 0. The predicted octanol–water partition coefficient (Wildman–Crippen LogP) is 1.80. The third kappa shape index (κ3) is 3.69. The van der Waals surface area contributed by atoms with E-state index >= 15 is 0 Å². The summed E-state index contributed by atoms with van der Waals surface area (Å²) in [4.78, 5) is 0. The summed E-state index contributed by atoms with van der Waals surface area (Å²) in [6.07, 6.45) is 9.66. The van der Waals surface area contributed by atoms with Gasteiger partial charge in [-0.05, 0) is 31.7 Å². The highest BCUT2D eigenvalue weighted by atomic mass is 16.5. The van der Waals surface area contributed by atoms with Crippen molar-refractivity contribution in [3.63, 3.8) is 0 Å². The third-order valence-electron chi connectivity index (χ3n) is 2.90. The highest BCUT2D eigenvalue weighted by molar-refractivity contribution is 4.88. The summed E-state index contributed by atoms with van der Waals surface area (Å²) in [5.74, 6) is 3.49. The first-order chi connectivity index (χ1) is 6.88. The average Bonchev–Trinajstić information content (AvgIpc) is 2.25. The molecule has 1 aliphatic rings. The molecule has 0 aromatic carbocycles. The molecule has 1 fully saturated rings. The van der Waals surface area contributed by atoms with Crippen molar-refractivity contribution in [2.75, 3.05) is 19.8 Å². The topological polar surface area (TPSA) is 21.3 Å². The molecular formula is C12H21NO. The maximum atomic E-state index is 5.36. The second-order valence-corrected chi connectivity index (χ2v) is 3.86. The van der Waals surface area contributed by atoms with Gasteiger partial charge in [-0.1, -0.05) is 6.92 Å². The molecule has 0 saturated carbocycles. The first-order valence-electron chi connectivity index (χ1n) is 5.63. The zero-order valence-electron chi connectivity index (χ0n) is 9.09. The standard InChI is InChI=1S/C12H21NO/c1-3-5-6-12(13-4-2)11-7-9-14-10-8-11/h1,11-13H,4-10H2,2H3. The number of terminal acetylenes is 1. The summed E-state index contributed by atoms with van der Waals surface area (Å²) in [5, 5.41) is 3.54. The van der Waals surface area contributed by atoms with Crippen molar-refractivity contribution in [3.05, 3.63) is 0 Å². The Hall–Kier alpha value is -0.520. The van der Waals surface area contributed by atoms with E-state index in [0.717, 1.165) is 38.5 Å². The summed E-state index contributed by atoms with van der Waals surface area (Å²) in [5.41, 5.74) is 0. The van der Waals surface area contributed by atoms with Crippen molar-refractivity contribution >= 4 is 0 Å². The van der Waals surface area contributed by atoms with Gasteiger partial charge in [0.15, 0.2) is 0 Å². The number of ether oxygens (including phenoxy) is 1. The van der Waals surface area contributed by atoms with Crippen molar-refractivity contribution in [3.8, 4) is 12.3 Å². The third-order valence-corrected chi connectivity index (χ3v) is 2.90. The van der Waals surface area contributed by atoms with Gasteiger partial charge in [-0.25, -0.2) is 0 Å². The van der Waals surface area contributed by atoms with Crippen LogP contribution in [-0.4, -0.2) is 25.8 Å². The van der Waals surface area contributed by atoms with Crippen LogP contribution in [0.5, 0.6) is 0 Å². The lowest BCUT2D eigenvalue weighted by Gasteiger charge is -2.30. The highest BCUT2D eigenvalue weighted by Crippen LogP contribution is 2.21. The van der Waals surface area contributed by atoms with Crippen LogP contribution in [0.15, 0.2) is 0 Å². The molecule has 1 heterocycles. The quantitative estimate of drug-likeness (QED) is 0.675. The van der Waals surface area contributed by atoms with E-state index in [4.69, 9.17) is 11.2 Å². The Kier molecular flexibility index (Phi) is 5.66. The first kappa shape index (κ1) is 11.6. The number of nitrogens with one attached hydrogen (secondary N) is 1. The SMILES string of the molecule is C#CCCC(NCC)C1CCOCC1. The maximum absolute atomic E-state index is 5.36. The molecule has 0 amide bonds. The molecule has 0 bridgehead atoms.